The topological polar surface area (TPSA) is 24.1 Å². The molecule has 3 fully saturated rings. The van der Waals surface area contributed by atoms with Crippen LogP contribution in [0.5, 0.6) is 0 Å². The van der Waals surface area contributed by atoms with Crippen molar-refractivity contribution in [3.63, 3.8) is 0 Å². The summed E-state index contributed by atoms with van der Waals surface area (Å²) in [5.41, 5.74) is 0.705. The molecule has 0 bridgehead atoms. The van der Waals surface area contributed by atoms with Gasteiger partial charge in [0.1, 0.15) is 0 Å². The zero-order chi connectivity index (χ0) is 11.7. The van der Waals surface area contributed by atoms with Crippen molar-refractivity contribution in [1.82, 2.24) is 10.6 Å². The van der Waals surface area contributed by atoms with Crippen molar-refractivity contribution in [2.45, 2.75) is 70.4 Å². The lowest BCUT2D eigenvalue weighted by atomic mass is 9.92. The van der Waals surface area contributed by atoms with Crippen LogP contribution in [0.15, 0.2) is 0 Å². The maximum Gasteiger partial charge on any atom is 0.0111 e. The van der Waals surface area contributed by atoms with Crippen molar-refractivity contribution in [2.24, 2.45) is 11.3 Å². The summed E-state index contributed by atoms with van der Waals surface area (Å²) >= 11 is 0. The van der Waals surface area contributed by atoms with Gasteiger partial charge in [-0.05, 0) is 62.8 Å². The van der Waals surface area contributed by atoms with Crippen molar-refractivity contribution in [2.75, 3.05) is 13.1 Å². The van der Waals surface area contributed by atoms with Gasteiger partial charge >= 0.3 is 0 Å². The Labute approximate surface area is 106 Å². The van der Waals surface area contributed by atoms with E-state index in [1.165, 1.54) is 64.5 Å². The first kappa shape index (κ1) is 12.0. The summed E-state index contributed by atoms with van der Waals surface area (Å²) in [6.07, 6.45) is 11.4. The monoisotopic (exact) mass is 236 g/mol. The highest BCUT2D eigenvalue weighted by molar-refractivity contribution is 4.98. The molecule has 0 amide bonds. The number of rotatable bonds is 5. The van der Waals surface area contributed by atoms with Gasteiger partial charge < -0.3 is 10.6 Å². The van der Waals surface area contributed by atoms with Gasteiger partial charge in [0.05, 0.1) is 0 Å². The second-order valence-electron chi connectivity index (χ2n) is 6.64. The van der Waals surface area contributed by atoms with Gasteiger partial charge in [-0.15, -0.1) is 0 Å². The van der Waals surface area contributed by atoms with Crippen molar-refractivity contribution in [3.8, 4) is 0 Å². The fourth-order valence-electron chi connectivity index (χ4n) is 3.98. The Morgan fingerprint density at radius 1 is 1.18 bits per heavy atom. The second-order valence-corrected chi connectivity index (χ2v) is 6.64. The van der Waals surface area contributed by atoms with Crippen LogP contribution in [-0.2, 0) is 0 Å². The van der Waals surface area contributed by atoms with Gasteiger partial charge in [0.15, 0.2) is 0 Å². The predicted octanol–water partition coefficient (Wildman–Crippen LogP) is 2.69. The summed E-state index contributed by atoms with van der Waals surface area (Å²) in [6.45, 7) is 4.91. The first-order valence-corrected chi connectivity index (χ1v) is 7.80. The van der Waals surface area contributed by atoms with Crippen LogP contribution in [-0.4, -0.2) is 25.2 Å². The standard InChI is InChI=1S/C15H28N2/c1-2-15(8-9-15)11-17-14-6-3-5-12(14)13-7-4-10-16-13/h12-14,16-17H,2-11H2,1H3. The molecule has 3 aliphatic rings. The van der Waals surface area contributed by atoms with Crippen LogP contribution in [0.25, 0.3) is 0 Å². The Hall–Kier alpha value is -0.0800. The molecule has 0 aromatic rings. The maximum atomic E-state index is 3.92. The highest BCUT2D eigenvalue weighted by Crippen LogP contribution is 2.48. The highest BCUT2D eigenvalue weighted by Gasteiger charge is 2.42. The van der Waals surface area contributed by atoms with Crippen LogP contribution in [0.1, 0.15) is 58.3 Å². The van der Waals surface area contributed by atoms with E-state index in [0.717, 1.165) is 18.0 Å². The van der Waals surface area contributed by atoms with E-state index in [-0.39, 0.29) is 0 Å². The average molecular weight is 236 g/mol. The Balaban J connectivity index is 1.51. The minimum absolute atomic E-state index is 0.705. The molecule has 3 rings (SSSR count). The van der Waals surface area contributed by atoms with Gasteiger partial charge in [0.25, 0.3) is 0 Å². The lowest BCUT2D eigenvalue weighted by molar-refractivity contribution is 0.299. The summed E-state index contributed by atoms with van der Waals surface area (Å²) in [5, 5.41) is 7.64. The summed E-state index contributed by atoms with van der Waals surface area (Å²) in [4.78, 5) is 0. The van der Waals surface area contributed by atoms with Gasteiger partial charge in [-0.1, -0.05) is 13.3 Å². The highest BCUT2D eigenvalue weighted by atomic mass is 15.0. The minimum atomic E-state index is 0.705. The Morgan fingerprint density at radius 2 is 2.06 bits per heavy atom. The van der Waals surface area contributed by atoms with Crippen molar-refractivity contribution in [3.05, 3.63) is 0 Å². The van der Waals surface area contributed by atoms with Gasteiger partial charge in [0.2, 0.25) is 0 Å². The zero-order valence-corrected chi connectivity index (χ0v) is 11.3. The van der Waals surface area contributed by atoms with E-state index < -0.39 is 0 Å². The molecule has 3 atom stereocenters. The molecule has 2 saturated carbocycles. The van der Waals surface area contributed by atoms with Crippen molar-refractivity contribution >= 4 is 0 Å². The molecule has 1 saturated heterocycles. The molecular formula is C15H28N2. The molecular weight excluding hydrogens is 208 g/mol. The fraction of sp³-hybridized carbons (Fsp3) is 1.00. The maximum absolute atomic E-state index is 3.92. The third kappa shape index (κ3) is 2.53. The Morgan fingerprint density at radius 3 is 2.71 bits per heavy atom. The third-order valence-corrected chi connectivity index (χ3v) is 5.63. The van der Waals surface area contributed by atoms with Crippen LogP contribution in [0.3, 0.4) is 0 Å². The molecule has 0 aromatic heterocycles. The van der Waals surface area contributed by atoms with E-state index in [0.29, 0.717) is 5.41 Å². The number of hydrogen-bond donors (Lipinski definition) is 2. The molecule has 98 valence electrons. The molecule has 2 heteroatoms. The van der Waals surface area contributed by atoms with E-state index in [9.17, 15) is 0 Å². The normalized spacial score (nSPS) is 39.7. The van der Waals surface area contributed by atoms with Crippen LogP contribution < -0.4 is 10.6 Å². The molecule has 2 aliphatic carbocycles. The lowest BCUT2D eigenvalue weighted by Crippen LogP contribution is -2.43. The molecule has 2 nitrogen and oxygen atoms in total. The summed E-state index contributed by atoms with van der Waals surface area (Å²) in [7, 11) is 0. The lowest BCUT2D eigenvalue weighted by Gasteiger charge is -2.28. The third-order valence-electron chi connectivity index (χ3n) is 5.63. The fourth-order valence-corrected chi connectivity index (χ4v) is 3.98. The predicted molar refractivity (Wildman–Crippen MR) is 72.1 cm³/mol. The molecule has 0 radical (unpaired) electrons. The first-order chi connectivity index (χ1) is 8.33. The number of nitrogens with one attached hydrogen (secondary N) is 2. The van der Waals surface area contributed by atoms with Crippen LogP contribution in [0.4, 0.5) is 0 Å². The summed E-state index contributed by atoms with van der Waals surface area (Å²) in [5.74, 6) is 0.921. The smallest absolute Gasteiger partial charge is 0.0111 e. The summed E-state index contributed by atoms with van der Waals surface area (Å²) in [6, 6.07) is 1.64. The summed E-state index contributed by atoms with van der Waals surface area (Å²) < 4.78 is 0. The molecule has 0 spiro atoms. The van der Waals surface area contributed by atoms with E-state index >= 15 is 0 Å². The van der Waals surface area contributed by atoms with Gasteiger partial charge in [-0.25, -0.2) is 0 Å². The minimum Gasteiger partial charge on any atom is -0.314 e. The SMILES string of the molecule is CCC1(CNC2CCCC2C2CCCN2)CC1. The molecule has 2 N–H and O–H groups in total. The van der Waals surface area contributed by atoms with E-state index in [4.69, 9.17) is 0 Å². The van der Waals surface area contributed by atoms with Gasteiger partial charge in [-0.3, -0.25) is 0 Å². The largest absolute Gasteiger partial charge is 0.314 e. The Kier molecular flexibility index (Phi) is 3.45. The molecule has 17 heavy (non-hydrogen) atoms. The van der Waals surface area contributed by atoms with Crippen LogP contribution >= 0.6 is 0 Å². The van der Waals surface area contributed by atoms with Crippen LogP contribution in [0.2, 0.25) is 0 Å². The van der Waals surface area contributed by atoms with E-state index in [1.807, 2.05) is 0 Å². The zero-order valence-electron chi connectivity index (χ0n) is 11.3. The molecule has 0 aromatic carbocycles. The van der Waals surface area contributed by atoms with E-state index in [2.05, 4.69) is 17.6 Å². The van der Waals surface area contributed by atoms with Gasteiger partial charge in [0, 0.05) is 18.6 Å². The second kappa shape index (κ2) is 4.89. The quantitative estimate of drug-likeness (QED) is 0.767. The first-order valence-electron chi connectivity index (χ1n) is 7.80. The van der Waals surface area contributed by atoms with Crippen molar-refractivity contribution < 1.29 is 0 Å². The Bertz CT molecular complexity index is 254. The van der Waals surface area contributed by atoms with Crippen molar-refractivity contribution in [1.29, 1.82) is 0 Å². The molecule has 3 unspecified atom stereocenters. The van der Waals surface area contributed by atoms with Crippen LogP contribution in [0, 0.1) is 11.3 Å². The number of hydrogen-bond acceptors (Lipinski definition) is 2. The molecule has 1 aliphatic heterocycles. The average Bonchev–Trinajstić information content (AvgIpc) is 2.81. The van der Waals surface area contributed by atoms with E-state index in [1.54, 1.807) is 0 Å². The molecule has 1 heterocycles. The van der Waals surface area contributed by atoms with Gasteiger partial charge in [-0.2, -0.15) is 0 Å².